The summed E-state index contributed by atoms with van der Waals surface area (Å²) in [4.78, 5) is 11.9. The zero-order chi connectivity index (χ0) is 14.8. The number of carboxylic acids is 1. The first kappa shape index (κ1) is 17.5. The lowest BCUT2D eigenvalue weighted by atomic mass is 9.63. The normalized spacial score (nSPS) is 19.7. The Morgan fingerprint density at radius 2 is 1.60 bits per heavy atom. The van der Waals surface area contributed by atoms with Crippen LogP contribution in [-0.4, -0.2) is 11.1 Å². The number of carboxylic acid groups (broad SMARTS) is 1. The van der Waals surface area contributed by atoms with Crippen molar-refractivity contribution in [3.05, 3.63) is 0 Å². The second kappa shape index (κ2) is 9.41. The van der Waals surface area contributed by atoms with E-state index in [1.54, 1.807) is 0 Å². The molecular weight excluding hydrogens is 248 g/mol. The fourth-order valence-corrected chi connectivity index (χ4v) is 4.02. The van der Waals surface area contributed by atoms with Crippen LogP contribution in [0, 0.1) is 11.3 Å². The van der Waals surface area contributed by atoms with E-state index in [-0.39, 0.29) is 5.41 Å². The second-order valence-electron chi connectivity index (χ2n) is 6.71. The van der Waals surface area contributed by atoms with E-state index in [1.165, 1.54) is 38.5 Å². The highest BCUT2D eigenvalue weighted by atomic mass is 16.4. The molecule has 0 aromatic heterocycles. The lowest BCUT2D eigenvalue weighted by Crippen LogP contribution is -2.40. The quantitative estimate of drug-likeness (QED) is 0.514. The molecule has 2 heteroatoms. The van der Waals surface area contributed by atoms with Gasteiger partial charge < -0.3 is 5.11 Å². The smallest absolute Gasteiger partial charge is 0.309 e. The molecule has 0 saturated heterocycles. The van der Waals surface area contributed by atoms with Crippen molar-refractivity contribution in [2.24, 2.45) is 11.3 Å². The molecule has 118 valence electrons. The van der Waals surface area contributed by atoms with Gasteiger partial charge in [-0.15, -0.1) is 0 Å². The summed E-state index contributed by atoms with van der Waals surface area (Å²) in [6.07, 6.45) is 15.1. The van der Waals surface area contributed by atoms with Crippen molar-refractivity contribution in [2.75, 3.05) is 0 Å². The van der Waals surface area contributed by atoms with Crippen LogP contribution in [0.1, 0.15) is 97.3 Å². The minimum Gasteiger partial charge on any atom is -0.481 e. The monoisotopic (exact) mass is 282 g/mol. The van der Waals surface area contributed by atoms with Crippen LogP contribution in [0.4, 0.5) is 0 Å². The van der Waals surface area contributed by atoms with Crippen molar-refractivity contribution >= 4 is 5.97 Å². The third kappa shape index (κ3) is 4.79. The minimum atomic E-state index is -0.510. The van der Waals surface area contributed by atoms with Crippen molar-refractivity contribution < 1.29 is 9.90 Å². The SMILES string of the molecule is CCCCCCCC(CCC)C1(C(=O)O)CCCCC1. The molecule has 0 heterocycles. The maximum Gasteiger partial charge on any atom is 0.309 e. The summed E-state index contributed by atoms with van der Waals surface area (Å²) in [5, 5.41) is 9.83. The summed E-state index contributed by atoms with van der Waals surface area (Å²) in [6, 6.07) is 0. The maximum atomic E-state index is 11.9. The number of carbonyl (C=O) groups is 1. The molecule has 0 bridgehead atoms. The van der Waals surface area contributed by atoms with Gasteiger partial charge in [-0.2, -0.15) is 0 Å². The van der Waals surface area contributed by atoms with E-state index >= 15 is 0 Å². The summed E-state index contributed by atoms with van der Waals surface area (Å²) in [5.41, 5.74) is -0.390. The molecule has 0 spiro atoms. The van der Waals surface area contributed by atoms with Gasteiger partial charge in [-0.25, -0.2) is 0 Å². The Morgan fingerprint density at radius 3 is 2.15 bits per heavy atom. The third-order valence-electron chi connectivity index (χ3n) is 5.25. The van der Waals surface area contributed by atoms with E-state index in [4.69, 9.17) is 0 Å². The Balaban J connectivity index is 2.58. The van der Waals surface area contributed by atoms with Crippen LogP contribution in [0.5, 0.6) is 0 Å². The van der Waals surface area contributed by atoms with Gasteiger partial charge in [0.05, 0.1) is 5.41 Å². The van der Waals surface area contributed by atoms with E-state index in [0.29, 0.717) is 5.92 Å². The van der Waals surface area contributed by atoms with Gasteiger partial charge in [0.2, 0.25) is 0 Å². The van der Waals surface area contributed by atoms with Gasteiger partial charge in [0.25, 0.3) is 0 Å². The third-order valence-corrected chi connectivity index (χ3v) is 5.25. The molecule has 2 nitrogen and oxygen atoms in total. The highest BCUT2D eigenvalue weighted by Gasteiger charge is 2.45. The van der Waals surface area contributed by atoms with Crippen molar-refractivity contribution in [3.8, 4) is 0 Å². The first-order valence-corrected chi connectivity index (χ1v) is 8.90. The van der Waals surface area contributed by atoms with E-state index in [0.717, 1.165) is 44.9 Å². The molecule has 0 amide bonds. The Kier molecular flexibility index (Phi) is 8.25. The number of unbranched alkanes of at least 4 members (excludes halogenated alkanes) is 4. The van der Waals surface area contributed by atoms with Gasteiger partial charge in [-0.3, -0.25) is 4.79 Å². The van der Waals surface area contributed by atoms with Crippen LogP contribution in [-0.2, 0) is 4.79 Å². The van der Waals surface area contributed by atoms with E-state index in [2.05, 4.69) is 13.8 Å². The molecule has 0 aromatic carbocycles. The van der Waals surface area contributed by atoms with Gasteiger partial charge in [0, 0.05) is 0 Å². The van der Waals surface area contributed by atoms with Gasteiger partial charge >= 0.3 is 5.97 Å². The maximum absolute atomic E-state index is 11.9. The Hall–Kier alpha value is -0.530. The molecule has 1 fully saturated rings. The standard InChI is InChI=1S/C18H34O2/c1-3-5-6-7-9-13-16(12-4-2)18(17(19)20)14-10-8-11-15-18/h16H,3-15H2,1-2H3,(H,19,20). The molecule has 1 unspecified atom stereocenters. The lowest BCUT2D eigenvalue weighted by Gasteiger charge is -2.40. The molecule has 1 aliphatic carbocycles. The molecule has 1 aliphatic rings. The van der Waals surface area contributed by atoms with Crippen LogP contribution in [0.15, 0.2) is 0 Å². The largest absolute Gasteiger partial charge is 0.481 e. The molecule has 0 aliphatic heterocycles. The van der Waals surface area contributed by atoms with Gasteiger partial charge in [0.1, 0.15) is 0 Å². The molecule has 1 N–H and O–H groups in total. The summed E-state index contributed by atoms with van der Waals surface area (Å²) in [7, 11) is 0. The van der Waals surface area contributed by atoms with Gasteiger partial charge in [-0.1, -0.05) is 71.6 Å². The summed E-state index contributed by atoms with van der Waals surface area (Å²) < 4.78 is 0. The lowest BCUT2D eigenvalue weighted by molar-refractivity contribution is -0.156. The van der Waals surface area contributed by atoms with Crippen molar-refractivity contribution in [3.63, 3.8) is 0 Å². The van der Waals surface area contributed by atoms with E-state index in [9.17, 15) is 9.90 Å². The van der Waals surface area contributed by atoms with E-state index in [1.807, 2.05) is 0 Å². The van der Waals surface area contributed by atoms with Crippen LogP contribution in [0.25, 0.3) is 0 Å². The zero-order valence-corrected chi connectivity index (χ0v) is 13.6. The zero-order valence-electron chi connectivity index (χ0n) is 13.6. The fourth-order valence-electron chi connectivity index (χ4n) is 4.02. The average molecular weight is 282 g/mol. The van der Waals surface area contributed by atoms with Crippen molar-refractivity contribution in [1.29, 1.82) is 0 Å². The molecule has 1 rings (SSSR count). The summed E-state index contributed by atoms with van der Waals surface area (Å²) in [5.74, 6) is -0.101. The van der Waals surface area contributed by atoms with Crippen molar-refractivity contribution in [1.82, 2.24) is 0 Å². The predicted octanol–water partition coefficient (Wildman–Crippen LogP) is 5.80. The highest BCUT2D eigenvalue weighted by molar-refractivity contribution is 5.75. The molecule has 20 heavy (non-hydrogen) atoms. The Labute approximate surface area is 125 Å². The Morgan fingerprint density at radius 1 is 0.950 bits per heavy atom. The summed E-state index contributed by atoms with van der Waals surface area (Å²) >= 11 is 0. The molecule has 0 radical (unpaired) electrons. The second-order valence-corrected chi connectivity index (χ2v) is 6.71. The van der Waals surface area contributed by atoms with Gasteiger partial charge in [-0.05, 0) is 31.6 Å². The predicted molar refractivity (Wildman–Crippen MR) is 84.9 cm³/mol. The molecule has 1 atom stereocenters. The van der Waals surface area contributed by atoms with Crippen LogP contribution in [0.2, 0.25) is 0 Å². The van der Waals surface area contributed by atoms with Gasteiger partial charge in [0.15, 0.2) is 0 Å². The number of hydrogen-bond donors (Lipinski definition) is 1. The highest BCUT2D eigenvalue weighted by Crippen LogP contribution is 2.46. The number of hydrogen-bond acceptors (Lipinski definition) is 1. The fraction of sp³-hybridized carbons (Fsp3) is 0.944. The molecular formula is C18H34O2. The van der Waals surface area contributed by atoms with Crippen LogP contribution < -0.4 is 0 Å². The average Bonchev–Trinajstić information content (AvgIpc) is 2.46. The molecule has 1 saturated carbocycles. The topological polar surface area (TPSA) is 37.3 Å². The van der Waals surface area contributed by atoms with Crippen LogP contribution in [0.3, 0.4) is 0 Å². The van der Waals surface area contributed by atoms with E-state index < -0.39 is 5.97 Å². The first-order chi connectivity index (χ1) is 9.67. The first-order valence-electron chi connectivity index (χ1n) is 8.90. The van der Waals surface area contributed by atoms with Crippen LogP contribution >= 0.6 is 0 Å². The van der Waals surface area contributed by atoms with Crippen molar-refractivity contribution in [2.45, 2.75) is 97.3 Å². The number of aliphatic carboxylic acids is 1. The minimum absolute atomic E-state index is 0.390. The summed E-state index contributed by atoms with van der Waals surface area (Å²) in [6.45, 7) is 4.43. The Bertz CT molecular complexity index is 267. The number of rotatable bonds is 10. The molecule has 0 aromatic rings.